The number of hydrogen-bond donors (Lipinski definition) is 6. The van der Waals surface area contributed by atoms with Gasteiger partial charge in [0.05, 0.1) is 25.4 Å². The zero-order valence-electron chi connectivity index (χ0n) is 32.9. The Morgan fingerprint density at radius 1 is 0.891 bits per heavy atom. The van der Waals surface area contributed by atoms with Crippen molar-refractivity contribution in [2.24, 2.45) is 52.1 Å². The van der Waals surface area contributed by atoms with Crippen LogP contribution in [0, 0.1) is 46.3 Å². The van der Waals surface area contributed by atoms with Gasteiger partial charge in [0.2, 0.25) is 11.8 Å². The number of carboxylic acids is 1. The lowest BCUT2D eigenvalue weighted by Crippen LogP contribution is -2.63. The number of benzene rings is 1. The highest BCUT2D eigenvalue weighted by molar-refractivity contribution is 5.90. The number of hydrogen-bond acceptors (Lipinski definition) is 10. The molecule has 0 spiro atoms. The molecular weight excluding hydrogens is 706 g/mol. The summed E-state index contributed by atoms with van der Waals surface area (Å²) >= 11 is 0. The normalized spacial score (nSPS) is 34.1. The number of ether oxygens (including phenoxy) is 2. The minimum absolute atomic E-state index is 0.0342. The summed E-state index contributed by atoms with van der Waals surface area (Å²) in [5.41, 5.74) is 6.29. The zero-order chi connectivity index (χ0) is 40.1. The van der Waals surface area contributed by atoms with Crippen LogP contribution in [-0.4, -0.2) is 82.5 Å². The summed E-state index contributed by atoms with van der Waals surface area (Å²) < 4.78 is 10.3. The van der Waals surface area contributed by atoms with E-state index in [1.165, 1.54) is 7.11 Å². The van der Waals surface area contributed by atoms with Crippen molar-refractivity contribution in [1.82, 2.24) is 10.6 Å². The smallest absolute Gasteiger partial charge is 0.306 e. The van der Waals surface area contributed by atoms with E-state index in [0.29, 0.717) is 38.5 Å². The van der Waals surface area contributed by atoms with Gasteiger partial charge in [0.25, 0.3) is 0 Å². The van der Waals surface area contributed by atoms with Crippen LogP contribution in [0.4, 0.5) is 0 Å². The Labute approximate surface area is 324 Å². The van der Waals surface area contributed by atoms with Crippen LogP contribution in [0.25, 0.3) is 0 Å². The van der Waals surface area contributed by atoms with Gasteiger partial charge in [0, 0.05) is 25.3 Å². The van der Waals surface area contributed by atoms with Crippen LogP contribution >= 0.6 is 0 Å². The number of amides is 2. The van der Waals surface area contributed by atoms with E-state index in [-0.39, 0.29) is 90.6 Å². The number of aliphatic hydroxyl groups excluding tert-OH is 2. The first-order chi connectivity index (χ1) is 26.1. The SMILES string of the molecule is COC(=O)CCC(C)[C@H]1CC[C@H]2[C@@H]3[C@H](O)C[C@@H]4C[C@@H](NC(=O)C(CCC(=O)OCc5ccccc5)NC(=O)C(N)CCC(=O)O)CC[C@]4(C)[C@H]3C[C@H](O)[C@]12C. The molecule has 5 rings (SSSR count). The van der Waals surface area contributed by atoms with Gasteiger partial charge in [-0.1, -0.05) is 51.1 Å². The number of rotatable bonds is 16. The number of nitrogens with two attached hydrogens (primary N) is 1. The largest absolute Gasteiger partial charge is 0.481 e. The molecule has 13 atom stereocenters. The minimum atomic E-state index is -1.14. The molecule has 0 aliphatic heterocycles. The molecular formula is C42H63N3O10. The van der Waals surface area contributed by atoms with Crippen LogP contribution in [0.3, 0.4) is 0 Å². The van der Waals surface area contributed by atoms with E-state index in [4.69, 9.17) is 20.3 Å². The third-order valence-electron chi connectivity index (χ3n) is 14.4. The van der Waals surface area contributed by atoms with Crippen molar-refractivity contribution in [2.45, 2.75) is 141 Å². The molecule has 306 valence electrons. The maximum Gasteiger partial charge on any atom is 0.306 e. The lowest BCUT2D eigenvalue weighted by atomic mass is 9.43. The molecule has 0 saturated heterocycles. The van der Waals surface area contributed by atoms with E-state index in [0.717, 1.165) is 24.8 Å². The van der Waals surface area contributed by atoms with Crippen molar-refractivity contribution in [3.63, 3.8) is 0 Å². The molecule has 7 N–H and O–H groups in total. The fourth-order valence-electron chi connectivity index (χ4n) is 11.3. The van der Waals surface area contributed by atoms with Crippen molar-refractivity contribution in [1.29, 1.82) is 0 Å². The van der Waals surface area contributed by atoms with Gasteiger partial charge in [-0.25, -0.2) is 0 Å². The number of carbonyl (C=O) groups excluding carboxylic acids is 4. The molecule has 0 aromatic heterocycles. The first kappa shape index (κ1) is 42.6. The summed E-state index contributed by atoms with van der Waals surface area (Å²) in [6.45, 7) is 6.75. The molecule has 13 heteroatoms. The summed E-state index contributed by atoms with van der Waals surface area (Å²) in [5.74, 6) is -2.05. The van der Waals surface area contributed by atoms with Gasteiger partial charge in [0.1, 0.15) is 12.6 Å². The number of esters is 2. The van der Waals surface area contributed by atoms with Crippen LogP contribution < -0.4 is 16.4 Å². The lowest BCUT2D eigenvalue weighted by molar-refractivity contribution is -0.202. The fourth-order valence-corrected chi connectivity index (χ4v) is 11.3. The summed E-state index contributed by atoms with van der Waals surface area (Å²) in [6, 6.07) is 6.72. The number of nitrogens with one attached hydrogen (secondary N) is 2. The molecule has 4 fully saturated rings. The van der Waals surface area contributed by atoms with E-state index in [2.05, 4.69) is 31.4 Å². The topological polar surface area (TPSA) is 215 Å². The van der Waals surface area contributed by atoms with Gasteiger partial charge in [-0.05, 0) is 116 Å². The Morgan fingerprint density at radius 2 is 1.60 bits per heavy atom. The van der Waals surface area contributed by atoms with E-state index in [9.17, 15) is 34.2 Å². The number of carboxylic acid groups (broad SMARTS) is 1. The molecule has 0 heterocycles. The molecule has 1 aromatic carbocycles. The molecule has 0 bridgehead atoms. The standard InChI is InChI=1S/C42H63N3O10/c1-24(10-16-36(50)54-4)28-11-12-29-38-30(22-34(47)42(28,29)3)41(2)19-18-27(20-26(41)21-33(38)46)44-40(53)32(45-39(52)31(43)13-15-35(48)49)14-17-37(51)55-23-25-8-6-5-7-9-25/h5-9,24,26-34,38,46-47H,10-23,43H2,1-4H3,(H,44,53)(H,45,52)(H,48,49)/t24?,26-,27-,28+,29-,30-,31?,32?,33+,34-,38-,41-,42+/m0/s1. The molecule has 4 saturated carbocycles. The molecule has 4 aliphatic carbocycles. The highest BCUT2D eigenvalue weighted by Crippen LogP contribution is 2.68. The molecule has 13 nitrogen and oxygen atoms in total. The maximum absolute atomic E-state index is 13.8. The number of fused-ring (bicyclic) bond motifs is 5. The number of aliphatic hydroxyl groups is 2. The van der Waals surface area contributed by atoms with Gasteiger partial charge in [-0.2, -0.15) is 0 Å². The summed E-state index contributed by atoms with van der Waals surface area (Å²) in [7, 11) is 1.40. The summed E-state index contributed by atoms with van der Waals surface area (Å²) in [6.07, 6.45) is 4.62. The minimum Gasteiger partial charge on any atom is -0.481 e. The highest BCUT2D eigenvalue weighted by atomic mass is 16.5. The number of methoxy groups -OCH3 is 1. The van der Waals surface area contributed by atoms with Crippen molar-refractivity contribution >= 4 is 29.7 Å². The van der Waals surface area contributed by atoms with Crippen LogP contribution in [0.2, 0.25) is 0 Å². The second kappa shape index (κ2) is 18.1. The van der Waals surface area contributed by atoms with Gasteiger partial charge >= 0.3 is 17.9 Å². The van der Waals surface area contributed by atoms with Crippen molar-refractivity contribution in [2.75, 3.05) is 7.11 Å². The Kier molecular flexibility index (Phi) is 14.1. The second-order valence-electron chi connectivity index (χ2n) is 17.5. The Balaban J connectivity index is 1.23. The predicted molar refractivity (Wildman–Crippen MR) is 203 cm³/mol. The van der Waals surface area contributed by atoms with Crippen LogP contribution in [0.15, 0.2) is 30.3 Å². The van der Waals surface area contributed by atoms with E-state index in [1.54, 1.807) is 0 Å². The Bertz CT molecular complexity index is 1530. The van der Waals surface area contributed by atoms with Gasteiger partial charge in [0.15, 0.2) is 0 Å². The van der Waals surface area contributed by atoms with Crippen molar-refractivity contribution < 1.29 is 48.8 Å². The highest BCUT2D eigenvalue weighted by Gasteiger charge is 2.65. The summed E-state index contributed by atoms with van der Waals surface area (Å²) in [5, 5.41) is 38.7. The van der Waals surface area contributed by atoms with Crippen LogP contribution in [0.5, 0.6) is 0 Å². The number of aliphatic carboxylic acids is 1. The van der Waals surface area contributed by atoms with Crippen LogP contribution in [0.1, 0.15) is 110 Å². The molecule has 55 heavy (non-hydrogen) atoms. The van der Waals surface area contributed by atoms with Gasteiger partial charge in [-0.3, -0.25) is 24.0 Å². The van der Waals surface area contributed by atoms with Crippen LogP contribution in [-0.2, 0) is 40.1 Å². The Hall–Kier alpha value is -3.55. The first-order valence-corrected chi connectivity index (χ1v) is 20.3. The lowest BCUT2D eigenvalue weighted by Gasteiger charge is -2.63. The molecule has 2 amide bonds. The van der Waals surface area contributed by atoms with E-state index < -0.39 is 48.0 Å². The number of carbonyl (C=O) groups is 5. The van der Waals surface area contributed by atoms with Crippen molar-refractivity contribution in [3.8, 4) is 0 Å². The first-order valence-electron chi connectivity index (χ1n) is 20.3. The van der Waals surface area contributed by atoms with Gasteiger partial charge < -0.3 is 41.2 Å². The second-order valence-corrected chi connectivity index (χ2v) is 17.5. The summed E-state index contributed by atoms with van der Waals surface area (Å²) in [4.78, 5) is 62.5. The van der Waals surface area contributed by atoms with E-state index >= 15 is 0 Å². The molecule has 4 aliphatic rings. The quantitative estimate of drug-likeness (QED) is 0.133. The average molecular weight is 770 g/mol. The molecule has 1 aromatic rings. The molecule has 0 radical (unpaired) electrons. The maximum atomic E-state index is 13.8. The third-order valence-corrected chi connectivity index (χ3v) is 14.4. The van der Waals surface area contributed by atoms with E-state index in [1.807, 2.05) is 30.3 Å². The molecule has 3 unspecified atom stereocenters. The predicted octanol–water partition coefficient (Wildman–Crippen LogP) is 3.86. The Morgan fingerprint density at radius 3 is 2.29 bits per heavy atom. The monoisotopic (exact) mass is 769 g/mol. The van der Waals surface area contributed by atoms with Crippen molar-refractivity contribution in [3.05, 3.63) is 35.9 Å². The fraction of sp³-hybridized carbons (Fsp3) is 0.738. The zero-order valence-corrected chi connectivity index (χ0v) is 32.9. The third kappa shape index (κ3) is 9.53. The van der Waals surface area contributed by atoms with Gasteiger partial charge in [-0.15, -0.1) is 0 Å². The average Bonchev–Trinajstić information content (AvgIpc) is 3.52.